The zero-order valence-corrected chi connectivity index (χ0v) is 16.6. The quantitative estimate of drug-likeness (QED) is 0.701. The Morgan fingerprint density at radius 1 is 1.30 bits per heavy atom. The van der Waals surface area contributed by atoms with Crippen molar-refractivity contribution in [1.82, 2.24) is 24.9 Å². The average Bonchev–Trinajstić information content (AvgIpc) is 3.04. The number of nitrogens with zero attached hydrogens (tertiary/aromatic N) is 4. The zero-order valence-electron chi connectivity index (χ0n) is 15.8. The number of hydrogen-bond acceptors (Lipinski definition) is 5. The Labute approximate surface area is 162 Å². The molecule has 140 valence electrons. The topological polar surface area (TPSA) is 72.2 Å². The summed E-state index contributed by atoms with van der Waals surface area (Å²) in [5.74, 6) is 0.597. The number of aryl methyl sites for hydroxylation is 3. The predicted molar refractivity (Wildman–Crippen MR) is 106 cm³/mol. The number of carbonyl (C=O) groups excluding carboxylic acids is 1. The van der Waals surface area contributed by atoms with Gasteiger partial charge in [0.15, 0.2) is 5.16 Å². The van der Waals surface area contributed by atoms with Crippen molar-refractivity contribution in [2.24, 2.45) is 0 Å². The average molecular weight is 382 g/mol. The van der Waals surface area contributed by atoms with E-state index in [-0.39, 0.29) is 17.2 Å². The number of fused-ring (bicyclic) bond motifs is 2. The van der Waals surface area contributed by atoms with Crippen molar-refractivity contribution in [3.63, 3.8) is 0 Å². The summed E-state index contributed by atoms with van der Waals surface area (Å²) in [6, 6.07) is 10.5. The standard InChI is InChI=1S/C20H23N5OS/c1-12-11-13(2)25-19(21-12)23-24-20(25)27-14(3)18(26)22-17-10-6-8-15-7-4-5-9-16(15)17/h4-5,7,9,11,14,17H,6,8,10H2,1-3H3,(H,22,26)/t14-,17-/m0/s1. The Balaban J connectivity index is 1.50. The first-order valence-corrected chi connectivity index (χ1v) is 10.1. The van der Waals surface area contributed by atoms with Crippen molar-refractivity contribution in [2.45, 2.75) is 56.5 Å². The van der Waals surface area contributed by atoms with E-state index in [1.54, 1.807) is 0 Å². The van der Waals surface area contributed by atoms with Crippen LogP contribution in [0.15, 0.2) is 35.5 Å². The summed E-state index contributed by atoms with van der Waals surface area (Å²) in [6.45, 7) is 5.85. The van der Waals surface area contributed by atoms with Crippen molar-refractivity contribution >= 4 is 23.4 Å². The molecular formula is C20H23N5OS. The maximum Gasteiger partial charge on any atom is 0.256 e. The molecule has 2 aromatic heterocycles. The van der Waals surface area contributed by atoms with E-state index in [1.165, 1.54) is 22.9 Å². The van der Waals surface area contributed by atoms with E-state index >= 15 is 0 Å². The van der Waals surface area contributed by atoms with Gasteiger partial charge in [0, 0.05) is 11.4 Å². The first kappa shape index (κ1) is 18.0. The minimum Gasteiger partial charge on any atom is -0.348 e. The third-order valence-electron chi connectivity index (χ3n) is 5.00. The summed E-state index contributed by atoms with van der Waals surface area (Å²) in [7, 11) is 0. The maximum atomic E-state index is 12.8. The van der Waals surface area contributed by atoms with Crippen molar-refractivity contribution in [3.8, 4) is 0 Å². The van der Waals surface area contributed by atoms with E-state index in [0.29, 0.717) is 10.9 Å². The lowest BCUT2D eigenvalue weighted by atomic mass is 9.88. The highest BCUT2D eigenvalue weighted by molar-refractivity contribution is 8.00. The molecule has 1 amide bonds. The Hall–Kier alpha value is -2.41. The van der Waals surface area contributed by atoms with Gasteiger partial charge < -0.3 is 5.32 Å². The molecular weight excluding hydrogens is 358 g/mol. The molecule has 6 nitrogen and oxygen atoms in total. The number of thioether (sulfide) groups is 1. The van der Waals surface area contributed by atoms with Crippen LogP contribution in [0.3, 0.4) is 0 Å². The summed E-state index contributed by atoms with van der Waals surface area (Å²) < 4.78 is 1.90. The van der Waals surface area contributed by atoms with Crippen LogP contribution in [0.5, 0.6) is 0 Å². The lowest BCUT2D eigenvalue weighted by Gasteiger charge is -2.27. The van der Waals surface area contributed by atoms with Crippen LogP contribution >= 0.6 is 11.8 Å². The molecule has 0 aliphatic heterocycles. The van der Waals surface area contributed by atoms with Gasteiger partial charge in [0.25, 0.3) is 5.78 Å². The van der Waals surface area contributed by atoms with E-state index in [0.717, 1.165) is 30.7 Å². The van der Waals surface area contributed by atoms with Crippen LogP contribution in [0.4, 0.5) is 0 Å². The molecule has 0 unspecified atom stereocenters. The van der Waals surface area contributed by atoms with E-state index < -0.39 is 0 Å². The van der Waals surface area contributed by atoms with Crippen LogP contribution in [0, 0.1) is 13.8 Å². The lowest BCUT2D eigenvalue weighted by molar-refractivity contribution is -0.121. The molecule has 7 heteroatoms. The van der Waals surface area contributed by atoms with Gasteiger partial charge in [-0.1, -0.05) is 36.0 Å². The highest BCUT2D eigenvalue weighted by atomic mass is 32.2. The molecule has 0 saturated carbocycles. The normalized spacial score (nSPS) is 17.5. The summed E-state index contributed by atoms with van der Waals surface area (Å²) in [6.07, 6.45) is 3.17. The second-order valence-electron chi connectivity index (χ2n) is 7.07. The van der Waals surface area contributed by atoms with E-state index in [4.69, 9.17) is 0 Å². The van der Waals surface area contributed by atoms with Crippen molar-refractivity contribution in [1.29, 1.82) is 0 Å². The number of benzene rings is 1. The predicted octanol–water partition coefficient (Wildman–Crippen LogP) is 3.42. The van der Waals surface area contributed by atoms with Crippen LogP contribution in [0.1, 0.15) is 48.3 Å². The first-order chi connectivity index (χ1) is 13.0. The molecule has 1 aromatic carbocycles. The van der Waals surface area contributed by atoms with Gasteiger partial charge in [-0.3, -0.25) is 9.20 Å². The monoisotopic (exact) mass is 381 g/mol. The minimum absolute atomic E-state index is 0.0242. The fourth-order valence-electron chi connectivity index (χ4n) is 3.68. The smallest absolute Gasteiger partial charge is 0.256 e. The van der Waals surface area contributed by atoms with Crippen LogP contribution in [0.2, 0.25) is 0 Å². The molecule has 27 heavy (non-hydrogen) atoms. The van der Waals surface area contributed by atoms with Gasteiger partial charge in [-0.2, -0.15) is 0 Å². The van der Waals surface area contributed by atoms with E-state index in [1.807, 2.05) is 37.3 Å². The van der Waals surface area contributed by atoms with Gasteiger partial charge in [0.2, 0.25) is 5.91 Å². The van der Waals surface area contributed by atoms with Gasteiger partial charge in [-0.05, 0) is 57.2 Å². The molecule has 0 fully saturated rings. The fourth-order valence-corrected chi connectivity index (χ4v) is 4.59. The molecule has 3 aromatic rings. The Kier molecular flexibility index (Phi) is 4.86. The third-order valence-corrected chi connectivity index (χ3v) is 6.04. The zero-order chi connectivity index (χ0) is 19.0. The number of rotatable bonds is 4. The molecule has 0 bridgehead atoms. The fraction of sp³-hybridized carbons (Fsp3) is 0.400. The molecule has 1 aliphatic carbocycles. The number of aromatic nitrogens is 4. The molecule has 4 rings (SSSR count). The van der Waals surface area contributed by atoms with Crippen LogP contribution < -0.4 is 5.32 Å². The largest absolute Gasteiger partial charge is 0.348 e. The second kappa shape index (κ2) is 7.31. The Morgan fingerprint density at radius 2 is 2.11 bits per heavy atom. The highest BCUT2D eigenvalue weighted by Gasteiger charge is 2.25. The van der Waals surface area contributed by atoms with E-state index in [9.17, 15) is 4.79 Å². The van der Waals surface area contributed by atoms with Gasteiger partial charge in [-0.25, -0.2) is 4.98 Å². The molecule has 2 atom stereocenters. The number of hydrogen-bond donors (Lipinski definition) is 1. The van der Waals surface area contributed by atoms with Gasteiger partial charge in [0.1, 0.15) is 0 Å². The summed E-state index contributed by atoms with van der Waals surface area (Å²) >= 11 is 1.42. The first-order valence-electron chi connectivity index (χ1n) is 9.27. The molecule has 0 saturated heterocycles. The number of nitrogens with one attached hydrogen (secondary N) is 1. The molecule has 2 heterocycles. The minimum atomic E-state index is -0.271. The van der Waals surface area contributed by atoms with Gasteiger partial charge >= 0.3 is 0 Å². The van der Waals surface area contributed by atoms with Crippen LogP contribution in [-0.4, -0.2) is 30.7 Å². The molecule has 1 N–H and O–H groups in total. The summed E-state index contributed by atoms with van der Waals surface area (Å²) in [4.78, 5) is 17.2. The van der Waals surface area contributed by atoms with Crippen LogP contribution in [-0.2, 0) is 11.2 Å². The van der Waals surface area contributed by atoms with Crippen molar-refractivity contribution in [3.05, 3.63) is 52.8 Å². The van der Waals surface area contributed by atoms with Crippen molar-refractivity contribution < 1.29 is 4.79 Å². The van der Waals surface area contributed by atoms with Gasteiger partial charge in [-0.15, -0.1) is 10.2 Å². The Bertz CT molecular complexity index is 999. The summed E-state index contributed by atoms with van der Waals surface area (Å²) in [5, 5.41) is 12.0. The SMILES string of the molecule is Cc1cc(C)n2c(S[C@@H](C)C(=O)N[C@H]3CCCc4ccccc43)nnc2n1. The molecule has 0 spiro atoms. The highest BCUT2D eigenvalue weighted by Crippen LogP contribution is 2.30. The third kappa shape index (κ3) is 3.56. The van der Waals surface area contributed by atoms with Crippen molar-refractivity contribution in [2.75, 3.05) is 0 Å². The lowest BCUT2D eigenvalue weighted by Crippen LogP contribution is -2.36. The van der Waals surface area contributed by atoms with Gasteiger partial charge in [0.05, 0.1) is 11.3 Å². The maximum absolute atomic E-state index is 12.8. The van der Waals surface area contributed by atoms with E-state index in [2.05, 4.69) is 38.7 Å². The molecule has 0 radical (unpaired) electrons. The Morgan fingerprint density at radius 3 is 2.96 bits per heavy atom. The number of amides is 1. The number of carbonyl (C=O) groups is 1. The molecule has 1 aliphatic rings. The van der Waals surface area contributed by atoms with Crippen LogP contribution in [0.25, 0.3) is 5.78 Å². The summed E-state index contributed by atoms with van der Waals surface area (Å²) in [5.41, 5.74) is 4.51. The second-order valence-corrected chi connectivity index (χ2v) is 8.38.